The van der Waals surface area contributed by atoms with Crippen LogP contribution in [0.1, 0.15) is 36.2 Å². The second kappa shape index (κ2) is 12.5. The van der Waals surface area contributed by atoms with Gasteiger partial charge in [-0.1, -0.05) is 37.3 Å². The van der Waals surface area contributed by atoms with Gasteiger partial charge in [-0.2, -0.15) is 0 Å². The van der Waals surface area contributed by atoms with Crippen molar-refractivity contribution in [2.45, 2.75) is 26.8 Å². The van der Waals surface area contributed by atoms with Crippen molar-refractivity contribution < 1.29 is 14.3 Å². The number of amidine groups is 1. The van der Waals surface area contributed by atoms with Crippen LogP contribution in [-0.2, 0) is 11.3 Å². The van der Waals surface area contributed by atoms with E-state index in [1.54, 1.807) is 18.1 Å². The number of anilines is 2. The summed E-state index contributed by atoms with van der Waals surface area (Å²) in [5.41, 5.74) is 3.97. The van der Waals surface area contributed by atoms with E-state index in [0.29, 0.717) is 40.8 Å². The molecule has 0 atom stereocenters. The zero-order valence-electron chi connectivity index (χ0n) is 22.1. The Kier molecular flexibility index (Phi) is 8.86. The predicted octanol–water partition coefficient (Wildman–Crippen LogP) is 6.46. The first-order valence-corrected chi connectivity index (χ1v) is 13.4. The van der Waals surface area contributed by atoms with Crippen molar-refractivity contribution in [3.63, 3.8) is 0 Å². The minimum atomic E-state index is -0.122. The number of amides is 1. The molecule has 1 heterocycles. The van der Waals surface area contributed by atoms with Crippen molar-refractivity contribution in [2.24, 2.45) is 4.99 Å². The van der Waals surface area contributed by atoms with Gasteiger partial charge in [0.25, 0.3) is 5.91 Å². The molecular weight excluding hydrogens is 496 g/mol. The van der Waals surface area contributed by atoms with Crippen LogP contribution in [0.3, 0.4) is 0 Å². The minimum Gasteiger partial charge on any atom is -0.497 e. The summed E-state index contributed by atoms with van der Waals surface area (Å²) in [6.07, 6.45) is 2.24. The number of nitrogens with zero attached hydrogens (tertiary/aromatic N) is 3. The van der Waals surface area contributed by atoms with Gasteiger partial charge in [0.1, 0.15) is 5.75 Å². The van der Waals surface area contributed by atoms with Crippen LogP contribution in [0.15, 0.2) is 88.9 Å². The Morgan fingerprint density at radius 2 is 1.82 bits per heavy atom. The van der Waals surface area contributed by atoms with E-state index in [2.05, 4.69) is 5.32 Å². The summed E-state index contributed by atoms with van der Waals surface area (Å²) in [5, 5.41) is 3.88. The van der Waals surface area contributed by atoms with Gasteiger partial charge in [0.15, 0.2) is 11.0 Å². The molecule has 7 nitrogen and oxygen atoms in total. The number of methoxy groups -OCH3 is 1. The molecule has 8 heteroatoms. The monoisotopic (exact) mass is 528 g/mol. The highest BCUT2D eigenvalue weighted by Gasteiger charge is 2.34. The number of hydrogen-bond acceptors (Lipinski definition) is 7. The number of ketones is 1. The van der Waals surface area contributed by atoms with Gasteiger partial charge in [-0.05, 0) is 66.7 Å². The SMILES string of the molecule is CCNc1ccc(C(=O)CC)cc1N=C1S/C(=C\N(C)c2ccc(OC)cc2)C(=O)N1Cc1ccccc1. The Morgan fingerprint density at radius 3 is 2.47 bits per heavy atom. The van der Waals surface area contributed by atoms with Crippen LogP contribution in [0.4, 0.5) is 17.1 Å². The fourth-order valence-corrected chi connectivity index (χ4v) is 5.01. The van der Waals surface area contributed by atoms with Gasteiger partial charge in [0, 0.05) is 37.5 Å². The summed E-state index contributed by atoms with van der Waals surface area (Å²) in [4.78, 5) is 35.2. The first kappa shape index (κ1) is 27.0. The summed E-state index contributed by atoms with van der Waals surface area (Å²) >= 11 is 1.33. The maximum Gasteiger partial charge on any atom is 0.268 e. The van der Waals surface area contributed by atoms with Crippen LogP contribution in [-0.4, -0.2) is 42.5 Å². The van der Waals surface area contributed by atoms with Crippen LogP contribution in [0, 0.1) is 0 Å². The Balaban J connectivity index is 1.73. The third-order valence-corrected chi connectivity index (χ3v) is 7.08. The molecule has 4 rings (SSSR count). The highest BCUT2D eigenvalue weighted by atomic mass is 32.2. The molecule has 196 valence electrons. The first-order valence-electron chi connectivity index (χ1n) is 12.6. The second-order valence-electron chi connectivity index (χ2n) is 8.71. The summed E-state index contributed by atoms with van der Waals surface area (Å²) in [6.45, 7) is 4.94. The van der Waals surface area contributed by atoms with Crippen LogP contribution < -0.4 is 15.0 Å². The normalized spacial score (nSPS) is 15.3. The molecule has 0 unspecified atom stereocenters. The van der Waals surface area contributed by atoms with Gasteiger partial charge in [0.05, 0.1) is 29.9 Å². The lowest BCUT2D eigenvalue weighted by Crippen LogP contribution is -2.28. The maximum absolute atomic E-state index is 13.6. The zero-order valence-corrected chi connectivity index (χ0v) is 22.9. The number of carbonyl (C=O) groups is 2. The van der Waals surface area contributed by atoms with Crippen molar-refractivity contribution in [1.29, 1.82) is 0 Å². The van der Waals surface area contributed by atoms with E-state index in [0.717, 1.165) is 22.7 Å². The number of thioether (sulfide) groups is 1. The number of hydrogen-bond donors (Lipinski definition) is 1. The molecule has 1 fully saturated rings. The topological polar surface area (TPSA) is 74.2 Å². The molecule has 0 aromatic heterocycles. The van der Waals surface area contributed by atoms with Gasteiger partial charge in [-0.25, -0.2) is 4.99 Å². The molecule has 0 radical (unpaired) electrons. The predicted molar refractivity (Wildman–Crippen MR) is 156 cm³/mol. The molecule has 1 amide bonds. The lowest BCUT2D eigenvalue weighted by molar-refractivity contribution is -0.122. The summed E-state index contributed by atoms with van der Waals surface area (Å²) in [5.74, 6) is 0.695. The number of benzene rings is 3. The standard InChI is InChI=1S/C30H32N4O3S/c1-5-27(35)22-12-17-25(31-6-2)26(18-22)32-30-34(19-21-10-8-7-9-11-21)29(36)28(38-30)20-33(3)23-13-15-24(37-4)16-14-23/h7-18,20,31H,5-6,19H2,1-4H3/b28-20-,32-30?. The number of nitrogens with one attached hydrogen (secondary N) is 1. The molecule has 3 aromatic carbocycles. The van der Waals surface area contributed by atoms with Crippen LogP contribution in [0.2, 0.25) is 0 Å². The fraction of sp³-hybridized carbons (Fsp3) is 0.233. The Hall–Kier alpha value is -4.04. The van der Waals surface area contributed by atoms with Crippen molar-refractivity contribution in [3.8, 4) is 5.75 Å². The van der Waals surface area contributed by atoms with E-state index in [1.807, 2.05) is 98.7 Å². The summed E-state index contributed by atoms with van der Waals surface area (Å²) in [6, 6.07) is 23.0. The third kappa shape index (κ3) is 6.26. The smallest absolute Gasteiger partial charge is 0.268 e. The van der Waals surface area contributed by atoms with Gasteiger partial charge in [0.2, 0.25) is 0 Å². The van der Waals surface area contributed by atoms with Crippen molar-refractivity contribution in [3.05, 3.63) is 95.0 Å². The van der Waals surface area contributed by atoms with E-state index in [4.69, 9.17) is 9.73 Å². The Labute approximate surface area is 228 Å². The summed E-state index contributed by atoms with van der Waals surface area (Å²) in [7, 11) is 3.54. The van der Waals surface area contributed by atoms with Crippen molar-refractivity contribution >= 4 is 45.7 Å². The average molecular weight is 529 g/mol. The van der Waals surface area contributed by atoms with E-state index in [1.165, 1.54) is 11.8 Å². The van der Waals surface area contributed by atoms with Crippen LogP contribution >= 0.6 is 11.8 Å². The Morgan fingerprint density at radius 1 is 1.08 bits per heavy atom. The van der Waals surface area contributed by atoms with Crippen LogP contribution in [0.25, 0.3) is 0 Å². The number of ether oxygens (including phenoxy) is 1. The molecular formula is C30H32N4O3S. The molecule has 0 saturated carbocycles. The number of Topliss-reactive ketones (excluding diaryl/α,β-unsaturated/α-hetero) is 1. The average Bonchev–Trinajstić information content (AvgIpc) is 3.22. The molecule has 1 aliphatic rings. The van der Waals surface area contributed by atoms with Gasteiger partial charge < -0.3 is 15.0 Å². The zero-order chi connectivity index (χ0) is 27.1. The Bertz CT molecular complexity index is 1350. The first-order chi connectivity index (χ1) is 18.4. The van der Waals surface area contributed by atoms with Gasteiger partial charge >= 0.3 is 0 Å². The van der Waals surface area contributed by atoms with E-state index >= 15 is 0 Å². The van der Waals surface area contributed by atoms with Gasteiger partial charge in [-0.3, -0.25) is 14.5 Å². The number of carbonyl (C=O) groups excluding carboxylic acids is 2. The fourth-order valence-electron chi connectivity index (χ4n) is 4.00. The van der Waals surface area contributed by atoms with Crippen LogP contribution in [0.5, 0.6) is 5.75 Å². The summed E-state index contributed by atoms with van der Waals surface area (Å²) < 4.78 is 5.26. The highest BCUT2D eigenvalue weighted by Crippen LogP contribution is 2.37. The molecule has 38 heavy (non-hydrogen) atoms. The third-order valence-electron chi connectivity index (χ3n) is 6.09. The molecule has 3 aromatic rings. The molecule has 1 saturated heterocycles. The van der Waals surface area contributed by atoms with E-state index in [9.17, 15) is 9.59 Å². The molecule has 0 bridgehead atoms. The van der Waals surface area contributed by atoms with Crippen molar-refractivity contribution in [2.75, 3.05) is 30.9 Å². The number of aliphatic imine (C=N–C) groups is 1. The molecule has 0 spiro atoms. The minimum absolute atomic E-state index is 0.0486. The lowest BCUT2D eigenvalue weighted by atomic mass is 10.1. The van der Waals surface area contributed by atoms with Crippen molar-refractivity contribution in [1.82, 2.24) is 4.90 Å². The van der Waals surface area contributed by atoms with E-state index < -0.39 is 0 Å². The second-order valence-corrected chi connectivity index (χ2v) is 9.72. The molecule has 1 aliphatic heterocycles. The highest BCUT2D eigenvalue weighted by molar-refractivity contribution is 8.18. The maximum atomic E-state index is 13.6. The molecule has 1 N–H and O–H groups in total. The molecule has 0 aliphatic carbocycles. The number of rotatable bonds is 10. The van der Waals surface area contributed by atoms with Gasteiger partial charge in [-0.15, -0.1) is 0 Å². The largest absolute Gasteiger partial charge is 0.497 e. The van der Waals surface area contributed by atoms with E-state index in [-0.39, 0.29) is 11.7 Å². The lowest BCUT2D eigenvalue weighted by Gasteiger charge is -2.17. The quantitative estimate of drug-likeness (QED) is 0.240.